The molecular weight excluding hydrogens is 202 g/mol. The van der Waals surface area contributed by atoms with Gasteiger partial charge in [-0.25, -0.2) is 0 Å². The van der Waals surface area contributed by atoms with Gasteiger partial charge in [-0.3, -0.25) is 9.78 Å². The molecule has 0 saturated carbocycles. The van der Waals surface area contributed by atoms with E-state index in [1.165, 1.54) is 0 Å². The molecule has 3 heteroatoms. The number of nitrogens with zero attached hydrogens (tertiary/aromatic N) is 1. The highest BCUT2D eigenvalue weighted by Gasteiger charge is 2.08. The largest absolute Gasteiger partial charge is 0.392 e. The van der Waals surface area contributed by atoms with E-state index in [1.807, 2.05) is 24.3 Å². The fraction of sp³-hybridized carbons (Fsp3) is 0.0769. The lowest BCUT2D eigenvalue weighted by atomic mass is 9.97. The third-order valence-electron chi connectivity index (χ3n) is 2.48. The zero-order valence-electron chi connectivity index (χ0n) is 8.63. The molecule has 1 heterocycles. The van der Waals surface area contributed by atoms with Crippen LogP contribution in [0.5, 0.6) is 0 Å². The lowest BCUT2D eigenvalue weighted by Crippen LogP contribution is -1.95. The maximum atomic E-state index is 11.1. The average Bonchev–Trinajstić information content (AvgIpc) is 2.38. The molecule has 0 amide bonds. The minimum atomic E-state index is -0.132. The van der Waals surface area contributed by atoms with Crippen molar-refractivity contribution in [2.75, 3.05) is 0 Å². The van der Waals surface area contributed by atoms with Gasteiger partial charge in [-0.2, -0.15) is 0 Å². The molecule has 0 aliphatic rings. The van der Waals surface area contributed by atoms with Crippen molar-refractivity contribution in [3.63, 3.8) is 0 Å². The van der Waals surface area contributed by atoms with Gasteiger partial charge in [-0.15, -0.1) is 0 Å². The van der Waals surface area contributed by atoms with Crippen LogP contribution in [0.4, 0.5) is 0 Å². The number of pyridine rings is 1. The second-order valence-electron chi connectivity index (χ2n) is 3.39. The van der Waals surface area contributed by atoms with Crippen LogP contribution in [0.3, 0.4) is 0 Å². The van der Waals surface area contributed by atoms with E-state index in [0.717, 1.165) is 17.4 Å². The van der Waals surface area contributed by atoms with E-state index >= 15 is 0 Å². The Hall–Kier alpha value is -2.00. The molecule has 1 N–H and O–H groups in total. The molecule has 0 radical (unpaired) electrons. The molecule has 0 unspecified atom stereocenters. The lowest BCUT2D eigenvalue weighted by molar-refractivity contribution is 0.112. The molecule has 0 bridgehead atoms. The molecule has 0 atom stereocenters. The Balaban J connectivity index is 2.61. The van der Waals surface area contributed by atoms with Crippen LogP contribution in [0.15, 0.2) is 42.7 Å². The zero-order chi connectivity index (χ0) is 11.4. The SMILES string of the molecule is O=Cc1c(CO)cccc1-c1ccncc1. The maximum Gasteiger partial charge on any atom is 0.151 e. The molecular formula is C13H11NO2. The number of benzene rings is 1. The van der Waals surface area contributed by atoms with Crippen LogP contribution in [0.2, 0.25) is 0 Å². The van der Waals surface area contributed by atoms with E-state index in [4.69, 9.17) is 5.11 Å². The highest BCUT2D eigenvalue weighted by Crippen LogP contribution is 2.24. The Morgan fingerprint density at radius 3 is 2.56 bits per heavy atom. The number of hydrogen-bond donors (Lipinski definition) is 1. The third kappa shape index (κ3) is 1.85. The summed E-state index contributed by atoms with van der Waals surface area (Å²) in [5.74, 6) is 0. The summed E-state index contributed by atoms with van der Waals surface area (Å²) in [4.78, 5) is 15.0. The molecule has 2 aromatic rings. The molecule has 0 saturated heterocycles. The predicted octanol–water partition coefficient (Wildman–Crippen LogP) is 2.05. The second-order valence-corrected chi connectivity index (χ2v) is 3.39. The van der Waals surface area contributed by atoms with Crippen molar-refractivity contribution < 1.29 is 9.90 Å². The van der Waals surface area contributed by atoms with Gasteiger partial charge in [0.05, 0.1) is 6.61 Å². The number of carbonyl (C=O) groups excluding carboxylic acids is 1. The highest BCUT2D eigenvalue weighted by molar-refractivity contribution is 5.89. The maximum absolute atomic E-state index is 11.1. The summed E-state index contributed by atoms with van der Waals surface area (Å²) < 4.78 is 0. The normalized spacial score (nSPS) is 10.1. The molecule has 16 heavy (non-hydrogen) atoms. The van der Waals surface area contributed by atoms with Crippen LogP contribution >= 0.6 is 0 Å². The average molecular weight is 213 g/mol. The molecule has 80 valence electrons. The summed E-state index contributed by atoms with van der Waals surface area (Å²) in [6, 6.07) is 9.11. The van der Waals surface area contributed by atoms with Crippen molar-refractivity contribution >= 4 is 6.29 Å². The number of aliphatic hydroxyl groups is 1. The van der Waals surface area contributed by atoms with Crippen molar-refractivity contribution in [2.45, 2.75) is 6.61 Å². The fourth-order valence-corrected chi connectivity index (χ4v) is 1.67. The number of aliphatic hydroxyl groups excluding tert-OH is 1. The summed E-state index contributed by atoms with van der Waals surface area (Å²) in [6.07, 6.45) is 4.13. The van der Waals surface area contributed by atoms with E-state index in [0.29, 0.717) is 11.1 Å². The van der Waals surface area contributed by atoms with E-state index < -0.39 is 0 Å². The minimum Gasteiger partial charge on any atom is -0.392 e. The summed E-state index contributed by atoms with van der Waals surface area (Å²) in [7, 11) is 0. The highest BCUT2D eigenvalue weighted by atomic mass is 16.3. The predicted molar refractivity (Wildman–Crippen MR) is 61.0 cm³/mol. The standard InChI is InChI=1S/C13H11NO2/c15-8-11-2-1-3-12(13(11)9-16)10-4-6-14-7-5-10/h1-7,9,15H,8H2. The number of hydrogen-bond acceptors (Lipinski definition) is 3. The van der Waals surface area contributed by atoms with Crippen LogP contribution in [-0.2, 0) is 6.61 Å². The van der Waals surface area contributed by atoms with Crippen LogP contribution in [0.1, 0.15) is 15.9 Å². The quantitative estimate of drug-likeness (QED) is 0.794. The molecule has 1 aromatic carbocycles. The number of aldehydes is 1. The smallest absolute Gasteiger partial charge is 0.151 e. The molecule has 0 fully saturated rings. The second kappa shape index (κ2) is 4.68. The molecule has 0 aliphatic heterocycles. The number of carbonyl (C=O) groups is 1. The topological polar surface area (TPSA) is 50.2 Å². The van der Waals surface area contributed by atoms with Crippen LogP contribution in [0.25, 0.3) is 11.1 Å². The molecule has 0 spiro atoms. The van der Waals surface area contributed by atoms with Gasteiger partial charge in [0.2, 0.25) is 0 Å². The minimum absolute atomic E-state index is 0.132. The number of aromatic nitrogens is 1. The third-order valence-corrected chi connectivity index (χ3v) is 2.48. The Labute approximate surface area is 93.4 Å². The van der Waals surface area contributed by atoms with Gasteiger partial charge in [0, 0.05) is 18.0 Å². The Morgan fingerprint density at radius 2 is 1.94 bits per heavy atom. The van der Waals surface area contributed by atoms with Crippen molar-refractivity contribution in [3.05, 3.63) is 53.9 Å². The molecule has 1 aromatic heterocycles. The zero-order valence-corrected chi connectivity index (χ0v) is 8.63. The van der Waals surface area contributed by atoms with Crippen molar-refractivity contribution in [2.24, 2.45) is 0 Å². The fourth-order valence-electron chi connectivity index (χ4n) is 1.67. The van der Waals surface area contributed by atoms with Gasteiger partial charge in [0.25, 0.3) is 0 Å². The number of rotatable bonds is 3. The van der Waals surface area contributed by atoms with Gasteiger partial charge in [-0.1, -0.05) is 18.2 Å². The summed E-state index contributed by atoms with van der Waals surface area (Å²) in [6.45, 7) is -0.132. The Morgan fingerprint density at radius 1 is 1.19 bits per heavy atom. The van der Waals surface area contributed by atoms with Crippen molar-refractivity contribution in [1.29, 1.82) is 0 Å². The van der Waals surface area contributed by atoms with Crippen LogP contribution in [0, 0.1) is 0 Å². The molecule has 3 nitrogen and oxygen atoms in total. The summed E-state index contributed by atoms with van der Waals surface area (Å²) >= 11 is 0. The van der Waals surface area contributed by atoms with Crippen molar-refractivity contribution in [1.82, 2.24) is 4.98 Å². The van der Waals surface area contributed by atoms with Crippen LogP contribution < -0.4 is 0 Å². The van der Waals surface area contributed by atoms with E-state index in [2.05, 4.69) is 4.98 Å². The first-order valence-electron chi connectivity index (χ1n) is 4.95. The van der Waals surface area contributed by atoms with Gasteiger partial charge < -0.3 is 5.11 Å². The van der Waals surface area contributed by atoms with E-state index in [9.17, 15) is 4.79 Å². The van der Waals surface area contributed by atoms with Gasteiger partial charge in [0.1, 0.15) is 0 Å². The monoisotopic (exact) mass is 213 g/mol. The first-order valence-corrected chi connectivity index (χ1v) is 4.95. The molecule has 2 rings (SSSR count). The van der Waals surface area contributed by atoms with Crippen molar-refractivity contribution in [3.8, 4) is 11.1 Å². The van der Waals surface area contributed by atoms with E-state index in [-0.39, 0.29) is 6.61 Å². The summed E-state index contributed by atoms with van der Waals surface area (Å²) in [5.41, 5.74) is 2.93. The Bertz CT molecular complexity index is 495. The Kier molecular flexibility index (Phi) is 3.08. The van der Waals surface area contributed by atoms with E-state index in [1.54, 1.807) is 18.5 Å². The summed E-state index contributed by atoms with van der Waals surface area (Å²) in [5, 5.41) is 9.15. The molecule has 0 aliphatic carbocycles. The van der Waals surface area contributed by atoms with Gasteiger partial charge in [0.15, 0.2) is 6.29 Å². The van der Waals surface area contributed by atoms with Gasteiger partial charge >= 0.3 is 0 Å². The lowest BCUT2D eigenvalue weighted by Gasteiger charge is -2.08. The first-order chi connectivity index (χ1) is 7.86. The van der Waals surface area contributed by atoms with Crippen LogP contribution in [-0.4, -0.2) is 16.4 Å². The first kappa shape index (κ1) is 10.5. The van der Waals surface area contributed by atoms with Gasteiger partial charge in [-0.05, 0) is 28.8 Å².